The van der Waals surface area contributed by atoms with Crippen molar-refractivity contribution in [1.29, 1.82) is 5.26 Å². The minimum absolute atomic E-state index is 0.542. The maximum atomic E-state index is 8.59. The molecule has 0 spiro atoms. The number of aromatic nitrogens is 1. The van der Waals surface area contributed by atoms with Gasteiger partial charge in [0.15, 0.2) is 0 Å². The van der Waals surface area contributed by atoms with Crippen molar-refractivity contribution in [2.45, 2.75) is 67.2 Å². The molecule has 0 aliphatic heterocycles. The molecule has 2 nitrogen and oxygen atoms in total. The lowest BCUT2D eigenvalue weighted by Gasteiger charge is -2.27. The number of aromatic amines is 1. The fraction of sp³-hybridized carbons (Fsp3) is 0.619. The second kappa shape index (κ2) is 9.18. The molecule has 0 radical (unpaired) electrons. The van der Waals surface area contributed by atoms with E-state index in [1.54, 1.807) is 6.08 Å². The maximum absolute atomic E-state index is 8.59. The van der Waals surface area contributed by atoms with E-state index in [4.69, 9.17) is 17.5 Å². The van der Waals surface area contributed by atoms with Gasteiger partial charge in [-0.3, -0.25) is 0 Å². The summed E-state index contributed by atoms with van der Waals surface area (Å²) < 4.78 is 0.739. The van der Waals surface area contributed by atoms with E-state index in [2.05, 4.69) is 52.6 Å². The van der Waals surface area contributed by atoms with Gasteiger partial charge in [-0.15, -0.1) is 0 Å². The summed E-state index contributed by atoms with van der Waals surface area (Å²) in [6.45, 7) is 13.5. The van der Waals surface area contributed by atoms with Gasteiger partial charge in [0.2, 0.25) is 0 Å². The van der Waals surface area contributed by atoms with Crippen LogP contribution in [0.3, 0.4) is 0 Å². The van der Waals surface area contributed by atoms with Gasteiger partial charge < -0.3 is 4.98 Å². The zero-order chi connectivity index (χ0) is 18.3. The fourth-order valence-electron chi connectivity index (χ4n) is 2.57. The Bertz CT molecular complexity index is 654. The highest BCUT2D eigenvalue weighted by molar-refractivity contribution is 7.71. The molecule has 132 valence electrons. The molecule has 3 heteroatoms. The summed E-state index contributed by atoms with van der Waals surface area (Å²) in [6, 6.07) is 4.16. The van der Waals surface area contributed by atoms with Crippen LogP contribution >= 0.6 is 12.2 Å². The molecular formula is C21H32N2S. The number of hydrogen-bond donors (Lipinski definition) is 1. The van der Waals surface area contributed by atoms with Crippen LogP contribution in [-0.2, 0) is 12.8 Å². The number of rotatable bonds is 2. The van der Waals surface area contributed by atoms with Gasteiger partial charge in [0.1, 0.15) is 4.64 Å². The van der Waals surface area contributed by atoms with Crippen LogP contribution in [0.2, 0.25) is 0 Å². The average molecular weight is 345 g/mol. The molecule has 1 aromatic rings. The summed E-state index contributed by atoms with van der Waals surface area (Å²) in [5.41, 5.74) is 4.15. The molecule has 1 aliphatic rings. The van der Waals surface area contributed by atoms with E-state index >= 15 is 0 Å². The minimum atomic E-state index is 0.542. The molecular weight excluding hydrogens is 312 g/mol. The van der Waals surface area contributed by atoms with Crippen LogP contribution < -0.4 is 0 Å². The first-order valence-corrected chi connectivity index (χ1v) is 9.40. The predicted molar refractivity (Wildman–Crippen MR) is 106 cm³/mol. The van der Waals surface area contributed by atoms with Crippen LogP contribution in [0, 0.1) is 33.2 Å². The van der Waals surface area contributed by atoms with Gasteiger partial charge >= 0.3 is 0 Å². The van der Waals surface area contributed by atoms with Crippen molar-refractivity contribution in [2.75, 3.05) is 0 Å². The average Bonchev–Trinajstić information content (AvgIpc) is 2.52. The number of hydrogen-bond acceptors (Lipinski definition) is 2. The Balaban J connectivity index is 0.000000413. The van der Waals surface area contributed by atoms with E-state index in [1.807, 2.05) is 6.07 Å². The quantitative estimate of drug-likeness (QED) is 0.492. The zero-order valence-corrected chi connectivity index (χ0v) is 16.9. The normalized spacial score (nSPS) is 17.2. The van der Waals surface area contributed by atoms with Crippen molar-refractivity contribution >= 4 is 18.3 Å². The number of aryl methyl sites for hydroxylation is 1. The SMILES string of the molecule is CC(C)C1CCc2[nH]c(=S)c(/C=C/C#N)cc2C1.CCC(C)(C)C. The van der Waals surface area contributed by atoms with Gasteiger partial charge in [0.25, 0.3) is 0 Å². The molecule has 24 heavy (non-hydrogen) atoms. The van der Waals surface area contributed by atoms with Crippen molar-refractivity contribution < 1.29 is 0 Å². The largest absolute Gasteiger partial charge is 0.349 e. The van der Waals surface area contributed by atoms with E-state index in [1.165, 1.54) is 30.2 Å². The number of H-pyrrole nitrogens is 1. The molecule has 1 atom stereocenters. The molecule has 1 aromatic heterocycles. The van der Waals surface area contributed by atoms with Crippen LogP contribution in [0.4, 0.5) is 0 Å². The van der Waals surface area contributed by atoms with Crippen LogP contribution in [0.5, 0.6) is 0 Å². The first-order valence-electron chi connectivity index (χ1n) is 8.99. The molecule has 1 aliphatic carbocycles. The number of pyridine rings is 1. The summed E-state index contributed by atoms with van der Waals surface area (Å²) in [4.78, 5) is 3.32. The predicted octanol–water partition coefficient (Wildman–Crippen LogP) is 6.48. The van der Waals surface area contributed by atoms with Gasteiger partial charge in [-0.05, 0) is 54.2 Å². The Kier molecular flexibility index (Phi) is 7.90. The monoisotopic (exact) mass is 344 g/mol. The summed E-state index contributed by atoms with van der Waals surface area (Å²) >= 11 is 5.32. The minimum Gasteiger partial charge on any atom is -0.349 e. The molecule has 0 fully saturated rings. The highest BCUT2D eigenvalue weighted by Gasteiger charge is 2.21. The van der Waals surface area contributed by atoms with Crippen molar-refractivity contribution in [3.8, 4) is 6.07 Å². The third-order valence-corrected chi connectivity index (χ3v) is 5.17. The molecule has 1 unspecified atom stereocenters. The third-order valence-electron chi connectivity index (χ3n) is 4.83. The maximum Gasteiger partial charge on any atom is 0.110 e. The highest BCUT2D eigenvalue weighted by atomic mass is 32.1. The third kappa shape index (κ3) is 6.61. The lowest BCUT2D eigenvalue weighted by Crippen LogP contribution is -2.20. The number of fused-ring (bicyclic) bond motifs is 1. The Morgan fingerprint density at radius 1 is 1.42 bits per heavy atom. The zero-order valence-electron chi connectivity index (χ0n) is 16.1. The molecule has 0 aromatic carbocycles. The summed E-state index contributed by atoms with van der Waals surface area (Å²) in [7, 11) is 0. The van der Waals surface area contributed by atoms with Crippen LogP contribution in [0.15, 0.2) is 12.1 Å². The Hall–Kier alpha value is -1.40. The molecule has 0 amide bonds. The van der Waals surface area contributed by atoms with Crippen molar-refractivity contribution in [1.82, 2.24) is 4.98 Å². The standard InChI is InChI=1S/C15H18N2S.C6H14/c1-10(2)11-5-6-14-13(8-11)9-12(4-3-7-16)15(18)17-14;1-5-6(2,3)4/h3-4,9-11H,5-6,8H2,1-2H3,(H,17,18);5H2,1-4H3/b4-3+;. The van der Waals surface area contributed by atoms with Gasteiger partial charge in [0, 0.05) is 17.3 Å². The first-order chi connectivity index (χ1) is 11.2. The lowest BCUT2D eigenvalue weighted by atomic mass is 9.80. The van der Waals surface area contributed by atoms with Crippen LogP contribution in [0.25, 0.3) is 6.08 Å². The van der Waals surface area contributed by atoms with Crippen LogP contribution in [-0.4, -0.2) is 4.98 Å². The van der Waals surface area contributed by atoms with Crippen molar-refractivity contribution in [2.24, 2.45) is 17.3 Å². The lowest BCUT2D eigenvalue weighted by molar-refractivity contribution is 0.340. The molecule has 1 N–H and O–H groups in total. The van der Waals surface area contributed by atoms with Crippen molar-refractivity contribution in [3.63, 3.8) is 0 Å². The van der Waals surface area contributed by atoms with E-state index < -0.39 is 0 Å². The van der Waals surface area contributed by atoms with Gasteiger partial charge in [0.05, 0.1) is 6.07 Å². The molecule has 2 rings (SSSR count). The van der Waals surface area contributed by atoms with Crippen molar-refractivity contribution in [3.05, 3.63) is 33.6 Å². The van der Waals surface area contributed by atoms with E-state index in [0.717, 1.165) is 34.9 Å². The number of allylic oxidation sites excluding steroid dienone is 1. The van der Waals surface area contributed by atoms with E-state index in [-0.39, 0.29) is 0 Å². The fourth-order valence-corrected chi connectivity index (χ4v) is 2.82. The molecule has 0 saturated carbocycles. The van der Waals surface area contributed by atoms with Gasteiger partial charge in [-0.2, -0.15) is 5.26 Å². The van der Waals surface area contributed by atoms with Gasteiger partial charge in [-0.1, -0.05) is 60.2 Å². The number of nitrogens with zero attached hydrogens (tertiary/aromatic N) is 1. The summed E-state index contributed by atoms with van der Waals surface area (Å²) in [5.74, 6) is 1.48. The second-order valence-electron chi connectivity index (χ2n) is 8.18. The Morgan fingerprint density at radius 2 is 2.04 bits per heavy atom. The van der Waals surface area contributed by atoms with Gasteiger partial charge in [-0.25, -0.2) is 0 Å². The van der Waals surface area contributed by atoms with E-state index in [9.17, 15) is 0 Å². The Labute approximate surface area is 153 Å². The molecule has 0 saturated heterocycles. The number of nitrogens with one attached hydrogen (secondary N) is 1. The molecule has 1 heterocycles. The topological polar surface area (TPSA) is 39.6 Å². The van der Waals surface area contributed by atoms with E-state index in [0.29, 0.717) is 5.41 Å². The Morgan fingerprint density at radius 3 is 2.54 bits per heavy atom. The molecule has 0 bridgehead atoms. The smallest absolute Gasteiger partial charge is 0.110 e. The van der Waals surface area contributed by atoms with Crippen LogP contribution in [0.1, 0.15) is 71.2 Å². The highest BCUT2D eigenvalue weighted by Crippen LogP contribution is 2.30. The summed E-state index contributed by atoms with van der Waals surface area (Å²) in [6.07, 6.45) is 7.99. The second-order valence-corrected chi connectivity index (χ2v) is 8.59. The summed E-state index contributed by atoms with van der Waals surface area (Å²) in [5, 5.41) is 8.59. The first kappa shape index (κ1) is 20.6. The number of nitriles is 1.